The van der Waals surface area contributed by atoms with Gasteiger partial charge in [0.05, 0.1) is 13.2 Å². The molecule has 12 heavy (non-hydrogen) atoms. The van der Waals surface area contributed by atoms with Gasteiger partial charge >= 0.3 is 11.9 Å². The molecular weight excluding hydrogens is 168 g/mol. The van der Waals surface area contributed by atoms with Crippen molar-refractivity contribution in [2.45, 2.75) is 12.2 Å². The van der Waals surface area contributed by atoms with E-state index in [0.29, 0.717) is 0 Å². The summed E-state index contributed by atoms with van der Waals surface area (Å²) in [5, 5.41) is 17.0. The summed E-state index contributed by atoms with van der Waals surface area (Å²) in [5.41, 5.74) is 0. The van der Waals surface area contributed by atoms with Crippen molar-refractivity contribution in [2.75, 3.05) is 13.2 Å². The van der Waals surface area contributed by atoms with Crippen molar-refractivity contribution in [3.63, 3.8) is 0 Å². The SMILES string of the molecule is O=C(O)[C@@H]1OCCO[C@H]1C(=O)O. The second-order valence-electron chi connectivity index (χ2n) is 2.26. The van der Waals surface area contributed by atoms with E-state index in [9.17, 15) is 9.59 Å². The van der Waals surface area contributed by atoms with E-state index in [2.05, 4.69) is 0 Å². The lowest BCUT2D eigenvalue weighted by Gasteiger charge is -2.25. The highest BCUT2D eigenvalue weighted by atomic mass is 16.6. The highest BCUT2D eigenvalue weighted by Gasteiger charge is 2.38. The first-order chi connectivity index (χ1) is 5.63. The maximum absolute atomic E-state index is 10.4. The minimum Gasteiger partial charge on any atom is -0.479 e. The first-order valence-electron chi connectivity index (χ1n) is 3.31. The molecule has 0 spiro atoms. The van der Waals surface area contributed by atoms with Crippen molar-refractivity contribution in [3.05, 3.63) is 0 Å². The van der Waals surface area contributed by atoms with Gasteiger partial charge < -0.3 is 19.7 Å². The lowest BCUT2D eigenvalue weighted by molar-refractivity contribution is -0.193. The molecule has 6 heteroatoms. The minimum absolute atomic E-state index is 0.112. The van der Waals surface area contributed by atoms with Crippen LogP contribution in [0.25, 0.3) is 0 Å². The van der Waals surface area contributed by atoms with Crippen molar-refractivity contribution in [2.24, 2.45) is 0 Å². The van der Waals surface area contributed by atoms with Crippen LogP contribution in [-0.2, 0) is 19.1 Å². The van der Waals surface area contributed by atoms with E-state index in [4.69, 9.17) is 19.7 Å². The smallest absolute Gasteiger partial charge is 0.336 e. The molecule has 0 radical (unpaired) electrons. The second kappa shape index (κ2) is 3.51. The molecule has 2 atom stereocenters. The molecule has 2 N–H and O–H groups in total. The van der Waals surface area contributed by atoms with Crippen molar-refractivity contribution < 1.29 is 29.3 Å². The Hall–Kier alpha value is -1.14. The van der Waals surface area contributed by atoms with Crippen molar-refractivity contribution in [3.8, 4) is 0 Å². The van der Waals surface area contributed by atoms with Crippen LogP contribution in [0.1, 0.15) is 0 Å². The molecule has 1 saturated heterocycles. The Labute approximate surface area is 67.7 Å². The van der Waals surface area contributed by atoms with Crippen molar-refractivity contribution in [1.82, 2.24) is 0 Å². The van der Waals surface area contributed by atoms with Gasteiger partial charge in [0.15, 0.2) is 12.2 Å². The van der Waals surface area contributed by atoms with Gasteiger partial charge in [0.1, 0.15) is 0 Å². The van der Waals surface area contributed by atoms with E-state index in [0.717, 1.165) is 0 Å². The molecule has 6 nitrogen and oxygen atoms in total. The Morgan fingerprint density at radius 1 is 1.00 bits per heavy atom. The number of hydrogen-bond acceptors (Lipinski definition) is 4. The molecule has 1 rings (SSSR count). The fraction of sp³-hybridized carbons (Fsp3) is 0.667. The lowest BCUT2D eigenvalue weighted by Crippen LogP contribution is -2.48. The summed E-state index contributed by atoms with van der Waals surface area (Å²) in [7, 11) is 0. The third-order valence-electron chi connectivity index (χ3n) is 1.44. The summed E-state index contributed by atoms with van der Waals surface area (Å²) in [5.74, 6) is -2.63. The maximum Gasteiger partial charge on any atom is 0.336 e. The molecule has 0 aliphatic carbocycles. The molecule has 1 fully saturated rings. The zero-order chi connectivity index (χ0) is 9.14. The first-order valence-corrected chi connectivity index (χ1v) is 3.31. The van der Waals surface area contributed by atoms with Gasteiger partial charge in [-0.2, -0.15) is 0 Å². The maximum atomic E-state index is 10.4. The Balaban J connectivity index is 2.67. The number of hydrogen-bond donors (Lipinski definition) is 2. The van der Waals surface area contributed by atoms with Crippen molar-refractivity contribution in [1.29, 1.82) is 0 Å². The van der Waals surface area contributed by atoms with E-state index in [1.54, 1.807) is 0 Å². The van der Waals surface area contributed by atoms with E-state index in [-0.39, 0.29) is 13.2 Å². The van der Waals surface area contributed by atoms with Gasteiger partial charge in [-0.15, -0.1) is 0 Å². The standard InChI is InChI=1S/C6H8O6/c7-5(8)3-4(6(9)10)12-2-1-11-3/h3-4H,1-2H2,(H,7,8)(H,9,10)/t3-,4-/m1/s1. The summed E-state index contributed by atoms with van der Waals surface area (Å²) in [6.07, 6.45) is -2.78. The highest BCUT2D eigenvalue weighted by molar-refractivity contribution is 5.83. The molecule has 1 aliphatic rings. The van der Waals surface area contributed by atoms with Crippen LogP contribution in [0.5, 0.6) is 0 Å². The number of ether oxygens (including phenoxy) is 2. The van der Waals surface area contributed by atoms with Gasteiger partial charge in [-0.1, -0.05) is 0 Å². The van der Waals surface area contributed by atoms with Gasteiger partial charge in [0, 0.05) is 0 Å². The number of carboxylic acids is 2. The zero-order valence-corrected chi connectivity index (χ0v) is 6.10. The number of carboxylic acid groups (broad SMARTS) is 2. The predicted octanol–water partition coefficient (Wildman–Crippen LogP) is -1.06. The fourth-order valence-corrected chi connectivity index (χ4v) is 0.927. The summed E-state index contributed by atoms with van der Waals surface area (Å²) < 4.78 is 9.42. The van der Waals surface area contributed by atoms with Gasteiger partial charge in [-0.25, -0.2) is 9.59 Å². The van der Waals surface area contributed by atoms with Crippen LogP contribution in [-0.4, -0.2) is 47.6 Å². The minimum atomic E-state index is -1.39. The van der Waals surface area contributed by atoms with Crippen LogP contribution < -0.4 is 0 Å². The summed E-state index contributed by atoms with van der Waals surface area (Å²) in [4.78, 5) is 20.8. The van der Waals surface area contributed by atoms with Gasteiger partial charge in [-0.05, 0) is 0 Å². The van der Waals surface area contributed by atoms with E-state index in [1.807, 2.05) is 0 Å². The molecule has 0 bridgehead atoms. The van der Waals surface area contributed by atoms with Crippen LogP contribution in [0.15, 0.2) is 0 Å². The normalized spacial score (nSPS) is 29.7. The van der Waals surface area contributed by atoms with E-state index < -0.39 is 24.1 Å². The first kappa shape index (κ1) is 8.95. The van der Waals surface area contributed by atoms with Crippen LogP contribution in [0.4, 0.5) is 0 Å². The molecule has 1 heterocycles. The van der Waals surface area contributed by atoms with Crippen LogP contribution >= 0.6 is 0 Å². The molecule has 0 saturated carbocycles. The van der Waals surface area contributed by atoms with Gasteiger partial charge in [0.25, 0.3) is 0 Å². The second-order valence-corrected chi connectivity index (χ2v) is 2.26. The Kier molecular flexibility index (Phi) is 2.61. The Bertz CT molecular complexity index is 178. The molecule has 0 unspecified atom stereocenters. The average molecular weight is 176 g/mol. The molecule has 0 aromatic carbocycles. The van der Waals surface area contributed by atoms with Gasteiger partial charge in [0.2, 0.25) is 0 Å². The largest absolute Gasteiger partial charge is 0.479 e. The van der Waals surface area contributed by atoms with Crippen LogP contribution in [0, 0.1) is 0 Å². The topological polar surface area (TPSA) is 93.1 Å². The molecule has 68 valence electrons. The summed E-state index contributed by atoms with van der Waals surface area (Å²) in [6.45, 7) is 0.224. The molecule has 0 amide bonds. The Morgan fingerprint density at radius 2 is 1.33 bits per heavy atom. The third kappa shape index (κ3) is 1.72. The number of rotatable bonds is 2. The van der Waals surface area contributed by atoms with Crippen LogP contribution in [0.3, 0.4) is 0 Å². The monoisotopic (exact) mass is 176 g/mol. The van der Waals surface area contributed by atoms with Crippen LogP contribution in [0.2, 0.25) is 0 Å². The molecular formula is C6H8O6. The van der Waals surface area contributed by atoms with Crippen molar-refractivity contribution >= 4 is 11.9 Å². The Morgan fingerprint density at radius 3 is 1.58 bits per heavy atom. The zero-order valence-electron chi connectivity index (χ0n) is 6.10. The third-order valence-corrected chi connectivity index (χ3v) is 1.44. The highest BCUT2D eigenvalue weighted by Crippen LogP contribution is 2.10. The molecule has 0 aromatic rings. The summed E-state index contributed by atoms with van der Waals surface area (Å²) in [6, 6.07) is 0. The number of aliphatic carboxylic acids is 2. The van der Waals surface area contributed by atoms with E-state index >= 15 is 0 Å². The molecule has 1 aliphatic heterocycles. The van der Waals surface area contributed by atoms with E-state index in [1.165, 1.54) is 0 Å². The molecule has 0 aromatic heterocycles. The summed E-state index contributed by atoms with van der Waals surface area (Å²) >= 11 is 0. The quantitative estimate of drug-likeness (QED) is 0.557. The lowest BCUT2D eigenvalue weighted by atomic mass is 10.2. The number of carbonyl (C=O) groups is 2. The fourth-order valence-electron chi connectivity index (χ4n) is 0.927. The van der Waals surface area contributed by atoms with Gasteiger partial charge in [-0.3, -0.25) is 0 Å². The predicted molar refractivity (Wildman–Crippen MR) is 34.8 cm³/mol. The average Bonchev–Trinajstić information content (AvgIpc) is 2.04.